The smallest absolute Gasteiger partial charge is 0.378 e. The molecule has 1 saturated heterocycles. The molecule has 4 rings (SSSR count). The number of anilines is 1. The van der Waals surface area contributed by atoms with Gasteiger partial charge in [-0.2, -0.15) is 23.4 Å². The fraction of sp³-hybridized carbons (Fsp3) is 0.421. The van der Waals surface area contributed by atoms with Crippen molar-refractivity contribution in [1.82, 2.24) is 29.3 Å². The number of morpholine rings is 1. The van der Waals surface area contributed by atoms with E-state index >= 15 is 0 Å². The number of hydrogen-bond donors (Lipinski definition) is 1. The molecule has 0 saturated carbocycles. The molecule has 4 heterocycles. The summed E-state index contributed by atoms with van der Waals surface area (Å²) in [4.78, 5) is 31.5. The third-order valence-corrected chi connectivity index (χ3v) is 5.40. The van der Waals surface area contributed by atoms with Crippen LogP contribution in [0.25, 0.3) is 5.65 Å². The average Bonchev–Trinajstić information content (AvgIpc) is 3.33. The first-order chi connectivity index (χ1) is 15.6. The average molecular weight is 486 g/mol. The highest BCUT2D eigenvalue weighted by molar-refractivity contribution is 6.37. The summed E-state index contributed by atoms with van der Waals surface area (Å²) >= 11 is 6.18. The number of halogens is 4. The molecule has 1 fully saturated rings. The van der Waals surface area contributed by atoms with Crippen LogP contribution in [0, 0.1) is 6.92 Å². The quantitative estimate of drug-likeness (QED) is 0.609. The molecule has 14 heteroatoms. The highest BCUT2D eigenvalue weighted by Crippen LogP contribution is 2.32. The molecule has 0 spiro atoms. The Morgan fingerprint density at radius 1 is 1.27 bits per heavy atom. The molecule has 0 unspecified atom stereocenters. The lowest BCUT2D eigenvalue weighted by Crippen LogP contribution is -2.41. The molecule has 1 N–H and O–H groups in total. The lowest BCUT2D eigenvalue weighted by Gasteiger charge is -2.27. The first-order valence-electron chi connectivity index (χ1n) is 9.99. The molecule has 0 bridgehead atoms. The number of carbonyl (C=O) groups excluding carboxylic acids is 2. The number of nitrogens with zero attached hydrogens (tertiary/aromatic N) is 6. The zero-order valence-electron chi connectivity index (χ0n) is 17.6. The first kappa shape index (κ1) is 23.0. The summed E-state index contributed by atoms with van der Waals surface area (Å²) < 4.78 is 47.5. The molecule has 1 aliphatic heterocycles. The molecule has 3 aromatic rings. The second-order valence-electron chi connectivity index (χ2n) is 7.26. The van der Waals surface area contributed by atoms with Crippen molar-refractivity contribution in [1.29, 1.82) is 0 Å². The predicted octanol–water partition coefficient (Wildman–Crippen LogP) is 2.65. The molecule has 1 aliphatic rings. The Kier molecular flexibility index (Phi) is 6.01. The largest absolute Gasteiger partial charge is 0.433 e. The lowest BCUT2D eigenvalue weighted by molar-refractivity contribution is -0.142. The number of aryl methyl sites for hydroxylation is 2. The Labute approximate surface area is 190 Å². The summed E-state index contributed by atoms with van der Waals surface area (Å²) in [5, 5.41) is 10.0. The van der Waals surface area contributed by atoms with Gasteiger partial charge < -0.3 is 15.0 Å². The Bertz CT molecular complexity index is 1230. The molecule has 33 heavy (non-hydrogen) atoms. The van der Waals surface area contributed by atoms with Crippen LogP contribution in [0.3, 0.4) is 0 Å². The third kappa shape index (κ3) is 4.25. The highest BCUT2D eigenvalue weighted by Gasteiger charge is 2.36. The van der Waals surface area contributed by atoms with Gasteiger partial charge in [0.05, 0.1) is 25.1 Å². The summed E-state index contributed by atoms with van der Waals surface area (Å²) in [5.74, 6) is -1.26. The number of ether oxygens (including phenoxy) is 1. The van der Waals surface area contributed by atoms with Crippen LogP contribution in [-0.4, -0.2) is 67.4 Å². The van der Waals surface area contributed by atoms with Gasteiger partial charge in [0.25, 0.3) is 11.8 Å². The summed E-state index contributed by atoms with van der Waals surface area (Å²) in [6.07, 6.45) is -3.45. The van der Waals surface area contributed by atoms with Gasteiger partial charge in [-0.3, -0.25) is 14.3 Å². The number of carbonyl (C=O) groups is 2. The molecule has 0 radical (unpaired) electrons. The maximum absolute atomic E-state index is 13.5. The van der Waals surface area contributed by atoms with Gasteiger partial charge in [-0.25, -0.2) is 9.50 Å². The summed E-state index contributed by atoms with van der Waals surface area (Å²) in [6, 6.07) is 0.808. The van der Waals surface area contributed by atoms with Crippen molar-refractivity contribution in [3.05, 3.63) is 40.1 Å². The summed E-state index contributed by atoms with van der Waals surface area (Å²) in [6.45, 7) is 5.04. The molecule has 2 amide bonds. The van der Waals surface area contributed by atoms with Gasteiger partial charge in [0.1, 0.15) is 16.4 Å². The molecule has 3 aromatic heterocycles. The molecule has 0 atom stereocenters. The minimum atomic E-state index is -4.74. The van der Waals surface area contributed by atoms with Gasteiger partial charge >= 0.3 is 6.18 Å². The number of alkyl halides is 3. The van der Waals surface area contributed by atoms with E-state index in [0.717, 1.165) is 6.07 Å². The number of rotatable bonds is 4. The van der Waals surface area contributed by atoms with Crippen molar-refractivity contribution in [3.63, 3.8) is 0 Å². The topological polar surface area (TPSA) is 107 Å². The van der Waals surface area contributed by atoms with Gasteiger partial charge in [0, 0.05) is 25.3 Å². The lowest BCUT2D eigenvalue weighted by atomic mass is 10.2. The zero-order valence-corrected chi connectivity index (χ0v) is 18.4. The molecule has 10 nitrogen and oxygen atoms in total. The SMILES string of the molecule is CCn1ncc(NC(=O)c2nn3c(C(F)(F)F)cc(C)nc3c2Cl)c1C(=O)N1CCOCC1. The van der Waals surface area contributed by atoms with E-state index in [1.807, 2.05) is 0 Å². The molecule has 0 aliphatic carbocycles. The van der Waals surface area contributed by atoms with Crippen molar-refractivity contribution in [2.75, 3.05) is 31.6 Å². The van der Waals surface area contributed by atoms with E-state index in [2.05, 4.69) is 20.5 Å². The number of nitrogens with one attached hydrogen (secondary N) is 1. The van der Waals surface area contributed by atoms with E-state index in [0.29, 0.717) is 37.4 Å². The van der Waals surface area contributed by atoms with Crippen LogP contribution in [0.2, 0.25) is 5.02 Å². The van der Waals surface area contributed by atoms with E-state index < -0.39 is 23.5 Å². The van der Waals surface area contributed by atoms with Gasteiger partial charge in [0.15, 0.2) is 11.3 Å². The van der Waals surface area contributed by atoms with Crippen molar-refractivity contribution in [3.8, 4) is 0 Å². The first-order valence-corrected chi connectivity index (χ1v) is 10.4. The fourth-order valence-electron chi connectivity index (χ4n) is 3.50. The van der Waals surface area contributed by atoms with Crippen molar-refractivity contribution in [2.24, 2.45) is 0 Å². The Balaban J connectivity index is 1.70. The second-order valence-corrected chi connectivity index (χ2v) is 7.64. The van der Waals surface area contributed by atoms with E-state index in [4.69, 9.17) is 16.3 Å². The minimum Gasteiger partial charge on any atom is -0.378 e. The van der Waals surface area contributed by atoms with Crippen LogP contribution in [0.4, 0.5) is 18.9 Å². The maximum atomic E-state index is 13.5. The Morgan fingerprint density at radius 3 is 2.61 bits per heavy atom. The fourth-order valence-corrected chi connectivity index (χ4v) is 3.75. The van der Waals surface area contributed by atoms with E-state index in [9.17, 15) is 22.8 Å². The third-order valence-electron chi connectivity index (χ3n) is 5.05. The van der Waals surface area contributed by atoms with Crippen LogP contribution in [0.5, 0.6) is 0 Å². The van der Waals surface area contributed by atoms with Crippen LogP contribution in [-0.2, 0) is 17.5 Å². The predicted molar refractivity (Wildman–Crippen MR) is 110 cm³/mol. The number of aromatic nitrogens is 5. The molecule has 176 valence electrons. The Morgan fingerprint density at radius 2 is 1.97 bits per heavy atom. The normalized spacial score (nSPS) is 14.7. The van der Waals surface area contributed by atoms with Crippen molar-refractivity contribution >= 4 is 34.7 Å². The van der Waals surface area contributed by atoms with Gasteiger partial charge in [-0.15, -0.1) is 0 Å². The monoisotopic (exact) mass is 485 g/mol. The number of fused-ring (bicyclic) bond motifs is 1. The van der Waals surface area contributed by atoms with Crippen molar-refractivity contribution < 1.29 is 27.5 Å². The summed E-state index contributed by atoms with van der Waals surface area (Å²) in [7, 11) is 0. The van der Waals surface area contributed by atoms with Crippen LogP contribution in [0.15, 0.2) is 12.3 Å². The standard InChI is InChI=1S/C19H19ClF3N7O3/c1-3-29-15(18(32)28-4-6-33-7-5-28)11(9-24-29)26-17(31)14-13(20)16-25-10(2)8-12(19(21,22)23)30(16)27-14/h8-9H,3-7H2,1-2H3,(H,26,31). The maximum Gasteiger partial charge on any atom is 0.433 e. The van der Waals surface area contributed by atoms with E-state index in [1.165, 1.54) is 17.8 Å². The summed E-state index contributed by atoms with van der Waals surface area (Å²) in [5.41, 5.74) is -1.60. The zero-order chi connectivity index (χ0) is 23.9. The van der Waals surface area contributed by atoms with Crippen LogP contribution < -0.4 is 5.32 Å². The molecule has 0 aromatic carbocycles. The van der Waals surface area contributed by atoms with E-state index in [1.54, 1.807) is 11.8 Å². The van der Waals surface area contributed by atoms with Gasteiger partial charge in [-0.1, -0.05) is 11.6 Å². The molecular weight excluding hydrogens is 467 g/mol. The van der Waals surface area contributed by atoms with Gasteiger partial charge in [0.2, 0.25) is 0 Å². The van der Waals surface area contributed by atoms with Crippen molar-refractivity contribution in [2.45, 2.75) is 26.6 Å². The number of hydrogen-bond acceptors (Lipinski definition) is 6. The number of amides is 2. The highest BCUT2D eigenvalue weighted by atomic mass is 35.5. The second kappa shape index (κ2) is 8.63. The minimum absolute atomic E-state index is 0.0613. The molecular formula is C19H19ClF3N7O3. The van der Waals surface area contributed by atoms with Crippen LogP contribution in [0.1, 0.15) is 39.3 Å². The Hall–Kier alpha value is -3.19. The van der Waals surface area contributed by atoms with E-state index in [-0.39, 0.29) is 33.7 Å². The van der Waals surface area contributed by atoms with Gasteiger partial charge in [-0.05, 0) is 19.9 Å². The van der Waals surface area contributed by atoms with Crippen LogP contribution >= 0.6 is 11.6 Å².